The van der Waals surface area contributed by atoms with E-state index in [9.17, 15) is 4.79 Å². The van der Waals surface area contributed by atoms with E-state index in [4.69, 9.17) is 13.9 Å². The molecule has 30 heavy (non-hydrogen) atoms. The topological polar surface area (TPSA) is 89.7 Å². The van der Waals surface area contributed by atoms with Crippen molar-refractivity contribution in [1.29, 1.82) is 0 Å². The van der Waals surface area contributed by atoms with Crippen LogP contribution in [-0.4, -0.2) is 48.5 Å². The van der Waals surface area contributed by atoms with Crippen LogP contribution in [0.5, 0.6) is 5.75 Å². The Balaban J connectivity index is 1.43. The van der Waals surface area contributed by atoms with Gasteiger partial charge >= 0.3 is 0 Å². The van der Waals surface area contributed by atoms with Gasteiger partial charge in [0.05, 0.1) is 36.3 Å². The zero-order valence-corrected chi connectivity index (χ0v) is 17.9. The molecule has 1 saturated heterocycles. The van der Waals surface area contributed by atoms with Crippen LogP contribution in [-0.2, 0) is 11.3 Å². The van der Waals surface area contributed by atoms with Gasteiger partial charge < -0.3 is 24.1 Å². The van der Waals surface area contributed by atoms with Gasteiger partial charge in [0, 0.05) is 24.8 Å². The minimum atomic E-state index is -0.266. The largest absolute Gasteiger partial charge is 0.496 e. The van der Waals surface area contributed by atoms with Gasteiger partial charge in [-0.1, -0.05) is 6.07 Å². The van der Waals surface area contributed by atoms with Gasteiger partial charge in [-0.3, -0.25) is 4.79 Å². The number of carbonyl (C=O) groups excluding carboxylic acids is 1. The Morgan fingerprint density at radius 3 is 2.77 bits per heavy atom. The first kappa shape index (κ1) is 20.4. The number of morpholine rings is 1. The molecule has 1 fully saturated rings. The number of carbonyl (C=O) groups is 1. The minimum Gasteiger partial charge on any atom is -0.496 e. The quantitative estimate of drug-likeness (QED) is 0.644. The fourth-order valence-electron chi connectivity index (χ4n) is 3.53. The Kier molecular flexibility index (Phi) is 6.01. The van der Waals surface area contributed by atoms with Gasteiger partial charge in [0.25, 0.3) is 11.8 Å². The Bertz CT molecular complexity index is 994. The van der Waals surface area contributed by atoms with Crippen molar-refractivity contribution in [3.63, 3.8) is 0 Å². The molecule has 0 saturated carbocycles. The molecule has 3 aromatic rings. The molecule has 0 bridgehead atoms. The molecule has 4 rings (SSSR count). The van der Waals surface area contributed by atoms with Crippen molar-refractivity contribution in [2.75, 3.05) is 25.1 Å². The van der Waals surface area contributed by atoms with Gasteiger partial charge in [0.15, 0.2) is 0 Å². The highest BCUT2D eigenvalue weighted by Crippen LogP contribution is 2.28. The molecule has 0 aliphatic carbocycles. The second kappa shape index (κ2) is 8.85. The predicted octanol–water partition coefficient (Wildman–Crippen LogP) is 3.35. The summed E-state index contributed by atoms with van der Waals surface area (Å²) in [7, 11) is 1.56. The van der Waals surface area contributed by atoms with Crippen LogP contribution < -0.4 is 15.0 Å². The monoisotopic (exact) mass is 428 g/mol. The summed E-state index contributed by atoms with van der Waals surface area (Å²) in [5.41, 5.74) is 1.46. The van der Waals surface area contributed by atoms with E-state index in [-0.39, 0.29) is 24.7 Å². The van der Waals surface area contributed by atoms with Crippen LogP contribution in [0.1, 0.15) is 30.1 Å². The molecule has 0 spiro atoms. The molecular formula is C21H24N4O4S. The highest BCUT2D eigenvalue weighted by molar-refractivity contribution is 7.13. The highest BCUT2D eigenvalue weighted by atomic mass is 32.1. The molecular weight excluding hydrogens is 404 g/mol. The van der Waals surface area contributed by atoms with E-state index in [1.165, 1.54) is 11.3 Å². The molecule has 0 radical (unpaired) electrons. The molecule has 1 aliphatic heterocycles. The third-order valence-electron chi connectivity index (χ3n) is 4.81. The Morgan fingerprint density at radius 2 is 2.07 bits per heavy atom. The van der Waals surface area contributed by atoms with Gasteiger partial charge in [0.2, 0.25) is 5.89 Å². The molecule has 1 amide bonds. The van der Waals surface area contributed by atoms with Crippen LogP contribution >= 0.6 is 11.3 Å². The summed E-state index contributed by atoms with van der Waals surface area (Å²) in [5.74, 6) is 1.04. The van der Waals surface area contributed by atoms with E-state index < -0.39 is 0 Å². The first-order valence-electron chi connectivity index (χ1n) is 9.76. The van der Waals surface area contributed by atoms with Gasteiger partial charge in [-0.05, 0) is 37.4 Å². The second-order valence-corrected chi connectivity index (χ2v) is 8.16. The number of amides is 1. The summed E-state index contributed by atoms with van der Waals surface area (Å²) in [5, 5.41) is 12.8. The number of methoxy groups -OCH3 is 1. The predicted molar refractivity (Wildman–Crippen MR) is 114 cm³/mol. The van der Waals surface area contributed by atoms with Crippen LogP contribution in [0.2, 0.25) is 0 Å². The van der Waals surface area contributed by atoms with Crippen LogP contribution in [0.3, 0.4) is 0 Å². The van der Waals surface area contributed by atoms with Crippen molar-refractivity contribution in [2.24, 2.45) is 0 Å². The number of anilines is 1. The summed E-state index contributed by atoms with van der Waals surface area (Å²) in [6.07, 6.45) is 0.299. The van der Waals surface area contributed by atoms with Crippen LogP contribution in [0.15, 0.2) is 40.1 Å². The number of hydrogen-bond donors (Lipinski definition) is 1. The SMILES string of the molecule is COc1cc(N2CC(C)OC(C)C2)ccc1C(=O)NCc1nnc(-c2cccs2)o1. The Hall–Kier alpha value is -2.91. The van der Waals surface area contributed by atoms with E-state index in [1.807, 2.05) is 29.6 Å². The normalized spacial score (nSPS) is 19.0. The number of benzene rings is 1. The zero-order valence-electron chi connectivity index (χ0n) is 17.1. The number of hydrogen-bond acceptors (Lipinski definition) is 8. The van der Waals surface area contributed by atoms with Gasteiger partial charge in [-0.15, -0.1) is 21.5 Å². The molecule has 2 unspecified atom stereocenters. The van der Waals surface area contributed by atoms with Crippen LogP contribution in [0, 0.1) is 0 Å². The fraction of sp³-hybridized carbons (Fsp3) is 0.381. The van der Waals surface area contributed by atoms with E-state index in [2.05, 4.69) is 34.3 Å². The van der Waals surface area contributed by atoms with Crippen LogP contribution in [0.25, 0.3) is 10.8 Å². The number of rotatable bonds is 6. The molecule has 3 heterocycles. The van der Waals surface area contributed by atoms with Crippen molar-refractivity contribution < 1.29 is 18.7 Å². The maximum absolute atomic E-state index is 12.7. The van der Waals surface area contributed by atoms with Crippen LogP contribution in [0.4, 0.5) is 5.69 Å². The maximum atomic E-state index is 12.7. The Morgan fingerprint density at radius 1 is 1.27 bits per heavy atom. The Labute approximate surface area is 178 Å². The fourth-order valence-corrected chi connectivity index (χ4v) is 4.17. The maximum Gasteiger partial charge on any atom is 0.257 e. The van der Waals surface area contributed by atoms with Crippen molar-refractivity contribution in [1.82, 2.24) is 15.5 Å². The summed E-state index contributed by atoms with van der Waals surface area (Å²) < 4.78 is 16.9. The molecule has 2 atom stereocenters. The lowest BCUT2D eigenvalue weighted by molar-refractivity contribution is -0.00523. The zero-order chi connectivity index (χ0) is 21.1. The molecule has 9 heteroatoms. The summed E-state index contributed by atoms with van der Waals surface area (Å²) in [4.78, 5) is 15.8. The lowest BCUT2D eigenvalue weighted by atomic mass is 10.1. The lowest BCUT2D eigenvalue weighted by Gasteiger charge is -2.37. The number of aromatic nitrogens is 2. The molecule has 2 aromatic heterocycles. The van der Waals surface area contributed by atoms with E-state index in [0.29, 0.717) is 23.1 Å². The molecule has 8 nitrogen and oxygen atoms in total. The van der Waals surface area contributed by atoms with Crippen molar-refractivity contribution >= 4 is 22.9 Å². The molecule has 1 N–H and O–H groups in total. The summed E-state index contributed by atoms with van der Waals surface area (Å²) in [6.45, 7) is 5.85. The number of nitrogens with one attached hydrogen (secondary N) is 1. The summed E-state index contributed by atoms with van der Waals surface area (Å²) >= 11 is 1.52. The molecule has 1 aliphatic rings. The van der Waals surface area contributed by atoms with E-state index >= 15 is 0 Å². The van der Waals surface area contributed by atoms with E-state index in [0.717, 1.165) is 23.7 Å². The molecule has 1 aromatic carbocycles. The number of thiophene rings is 1. The standard InChI is InChI=1S/C21H24N4O4S/c1-13-11-25(12-14(2)28-13)15-6-7-16(17(9-15)27-3)20(26)22-10-19-23-24-21(29-19)18-5-4-8-30-18/h4-9,13-14H,10-12H2,1-3H3,(H,22,26). The first-order valence-corrected chi connectivity index (χ1v) is 10.6. The third kappa shape index (κ3) is 4.47. The first-order chi connectivity index (χ1) is 14.5. The molecule has 158 valence electrons. The highest BCUT2D eigenvalue weighted by Gasteiger charge is 2.24. The minimum absolute atomic E-state index is 0.139. The van der Waals surface area contributed by atoms with Crippen molar-refractivity contribution in [3.05, 3.63) is 47.2 Å². The van der Waals surface area contributed by atoms with Crippen molar-refractivity contribution in [3.8, 4) is 16.5 Å². The van der Waals surface area contributed by atoms with Gasteiger partial charge in [-0.2, -0.15) is 0 Å². The van der Waals surface area contributed by atoms with Crippen molar-refractivity contribution in [2.45, 2.75) is 32.6 Å². The lowest BCUT2D eigenvalue weighted by Crippen LogP contribution is -2.45. The second-order valence-electron chi connectivity index (χ2n) is 7.21. The third-order valence-corrected chi connectivity index (χ3v) is 5.67. The number of nitrogens with zero attached hydrogens (tertiary/aromatic N) is 3. The number of ether oxygens (including phenoxy) is 2. The summed E-state index contributed by atoms with van der Waals surface area (Å²) in [6, 6.07) is 9.42. The average Bonchev–Trinajstić information content (AvgIpc) is 3.42. The van der Waals surface area contributed by atoms with Gasteiger partial charge in [0.1, 0.15) is 5.75 Å². The average molecular weight is 429 g/mol. The van der Waals surface area contributed by atoms with Gasteiger partial charge in [-0.25, -0.2) is 0 Å². The smallest absolute Gasteiger partial charge is 0.257 e. The van der Waals surface area contributed by atoms with E-state index in [1.54, 1.807) is 13.2 Å².